The minimum absolute atomic E-state index is 0.0257. The molecule has 0 radical (unpaired) electrons. The SMILES string of the molecule is CCC(NC(=O)c1ccc(NN)c(C)c1)C(C)C. The average molecular weight is 249 g/mol. The van der Waals surface area contributed by atoms with Crippen LogP contribution in [0.15, 0.2) is 18.2 Å². The van der Waals surface area contributed by atoms with Gasteiger partial charge in [0, 0.05) is 11.6 Å². The Morgan fingerprint density at radius 1 is 1.39 bits per heavy atom. The molecule has 100 valence electrons. The van der Waals surface area contributed by atoms with Crippen molar-refractivity contribution in [1.82, 2.24) is 5.32 Å². The summed E-state index contributed by atoms with van der Waals surface area (Å²) < 4.78 is 0. The van der Waals surface area contributed by atoms with Gasteiger partial charge in [-0.05, 0) is 43.0 Å². The number of carbonyl (C=O) groups is 1. The lowest BCUT2D eigenvalue weighted by Crippen LogP contribution is -2.38. The van der Waals surface area contributed by atoms with Gasteiger partial charge >= 0.3 is 0 Å². The van der Waals surface area contributed by atoms with Crippen molar-refractivity contribution in [3.8, 4) is 0 Å². The van der Waals surface area contributed by atoms with Crippen LogP contribution in [0.5, 0.6) is 0 Å². The third-order valence-electron chi connectivity index (χ3n) is 3.21. The standard InChI is InChI=1S/C14H23N3O/c1-5-12(9(2)3)16-14(18)11-6-7-13(17-15)10(4)8-11/h6-9,12,17H,5,15H2,1-4H3,(H,16,18). The molecule has 0 aliphatic heterocycles. The number of benzene rings is 1. The van der Waals surface area contributed by atoms with Crippen LogP contribution in [0.4, 0.5) is 5.69 Å². The summed E-state index contributed by atoms with van der Waals surface area (Å²) in [7, 11) is 0. The Morgan fingerprint density at radius 2 is 2.06 bits per heavy atom. The van der Waals surface area contributed by atoms with Crippen LogP contribution in [0.2, 0.25) is 0 Å². The summed E-state index contributed by atoms with van der Waals surface area (Å²) in [5.41, 5.74) is 5.07. The molecule has 1 rings (SSSR count). The molecule has 0 saturated carbocycles. The number of nitrogens with two attached hydrogens (primary N) is 1. The van der Waals surface area contributed by atoms with Crippen molar-refractivity contribution < 1.29 is 4.79 Å². The van der Waals surface area contributed by atoms with Gasteiger partial charge in [-0.1, -0.05) is 20.8 Å². The normalized spacial score (nSPS) is 12.3. The van der Waals surface area contributed by atoms with Crippen molar-refractivity contribution in [1.29, 1.82) is 0 Å². The van der Waals surface area contributed by atoms with Crippen molar-refractivity contribution in [2.45, 2.75) is 40.2 Å². The molecule has 0 saturated heterocycles. The van der Waals surface area contributed by atoms with E-state index in [0.717, 1.165) is 17.7 Å². The van der Waals surface area contributed by atoms with Gasteiger partial charge in [-0.25, -0.2) is 0 Å². The van der Waals surface area contributed by atoms with E-state index in [1.807, 2.05) is 19.1 Å². The number of nitrogens with one attached hydrogen (secondary N) is 2. The Hall–Kier alpha value is -1.55. The predicted molar refractivity (Wildman–Crippen MR) is 75.4 cm³/mol. The number of anilines is 1. The van der Waals surface area contributed by atoms with Crippen LogP contribution < -0.4 is 16.6 Å². The van der Waals surface area contributed by atoms with Crippen LogP contribution in [0, 0.1) is 12.8 Å². The number of hydrogen-bond donors (Lipinski definition) is 3. The number of nitrogen functional groups attached to an aromatic ring is 1. The Balaban J connectivity index is 2.81. The second kappa shape index (κ2) is 6.40. The van der Waals surface area contributed by atoms with Crippen LogP contribution >= 0.6 is 0 Å². The van der Waals surface area contributed by atoms with E-state index in [0.29, 0.717) is 11.5 Å². The molecule has 0 aromatic heterocycles. The maximum atomic E-state index is 12.1. The highest BCUT2D eigenvalue weighted by molar-refractivity contribution is 5.95. The van der Waals surface area contributed by atoms with E-state index in [1.165, 1.54) is 0 Å². The monoisotopic (exact) mass is 249 g/mol. The molecule has 1 amide bonds. The van der Waals surface area contributed by atoms with Crippen molar-refractivity contribution in [3.63, 3.8) is 0 Å². The van der Waals surface area contributed by atoms with Gasteiger partial charge in [-0.15, -0.1) is 0 Å². The minimum Gasteiger partial charge on any atom is -0.349 e. The Morgan fingerprint density at radius 3 is 2.50 bits per heavy atom. The third kappa shape index (κ3) is 3.47. The number of amides is 1. The van der Waals surface area contributed by atoms with E-state index in [9.17, 15) is 4.79 Å². The summed E-state index contributed by atoms with van der Waals surface area (Å²) >= 11 is 0. The van der Waals surface area contributed by atoms with Gasteiger partial charge in [0.25, 0.3) is 5.91 Å². The molecule has 0 spiro atoms. The third-order valence-corrected chi connectivity index (χ3v) is 3.21. The summed E-state index contributed by atoms with van der Waals surface area (Å²) in [6, 6.07) is 5.66. The summed E-state index contributed by atoms with van der Waals surface area (Å²) in [5, 5.41) is 3.06. The number of rotatable bonds is 5. The fourth-order valence-corrected chi connectivity index (χ4v) is 1.96. The lowest BCUT2D eigenvalue weighted by Gasteiger charge is -2.21. The first-order valence-corrected chi connectivity index (χ1v) is 6.37. The first-order valence-electron chi connectivity index (χ1n) is 6.37. The zero-order chi connectivity index (χ0) is 13.7. The van der Waals surface area contributed by atoms with Gasteiger partial charge < -0.3 is 10.7 Å². The Kier molecular flexibility index (Phi) is 5.16. The molecule has 4 heteroatoms. The van der Waals surface area contributed by atoms with Crippen molar-refractivity contribution >= 4 is 11.6 Å². The number of carbonyl (C=O) groups excluding carboxylic acids is 1. The topological polar surface area (TPSA) is 67.2 Å². The molecule has 1 aromatic rings. The van der Waals surface area contributed by atoms with Crippen LogP contribution in [-0.4, -0.2) is 11.9 Å². The molecule has 0 fully saturated rings. The molecule has 0 bridgehead atoms. The first-order chi connectivity index (χ1) is 8.49. The molecule has 0 aliphatic carbocycles. The number of hydrogen-bond acceptors (Lipinski definition) is 3. The highest BCUT2D eigenvalue weighted by Gasteiger charge is 2.15. The molecule has 4 nitrogen and oxygen atoms in total. The van der Waals surface area contributed by atoms with Gasteiger partial charge in [-0.2, -0.15) is 0 Å². The summed E-state index contributed by atoms with van der Waals surface area (Å²) in [6.07, 6.45) is 0.935. The largest absolute Gasteiger partial charge is 0.349 e. The number of hydrazine groups is 1. The molecule has 0 aliphatic rings. The quantitative estimate of drug-likeness (QED) is 0.554. The summed E-state index contributed by atoms with van der Waals surface area (Å²) in [6.45, 7) is 8.23. The molecule has 1 unspecified atom stereocenters. The maximum Gasteiger partial charge on any atom is 0.251 e. The van der Waals surface area contributed by atoms with E-state index in [4.69, 9.17) is 5.84 Å². The number of aryl methyl sites for hydroxylation is 1. The maximum absolute atomic E-state index is 12.1. The van der Waals surface area contributed by atoms with Gasteiger partial charge in [0.1, 0.15) is 0 Å². The van der Waals surface area contributed by atoms with E-state index in [-0.39, 0.29) is 11.9 Å². The molecule has 1 aromatic carbocycles. The van der Waals surface area contributed by atoms with Gasteiger partial charge in [-0.3, -0.25) is 10.6 Å². The highest BCUT2D eigenvalue weighted by atomic mass is 16.1. The van der Waals surface area contributed by atoms with E-state index in [2.05, 4.69) is 31.5 Å². The van der Waals surface area contributed by atoms with Crippen molar-refractivity contribution in [2.75, 3.05) is 5.43 Å². The van der Waals surface area contributed by atoms with Crippen LogP contribution in [0.25, 0.3) is 0 Å². The second-order valence-corrected chi connectivity index (χ2v) is 4.91. The Labute approximate surface area is 109 Å². The zero-order valence-corrected chi connectivity index (χ0v) is 11.6. The summed E-state index contributed by atoms with van der Waals surface area (Å²) in [5.74, 6) is 5.78. The fraction of sp³-hybridized carbons (Fsp3) is 0.500. The van der Waals surface area contributed by atoms with Crippen LogP contribution in [0.1, 0.15) is 43.1 Å². The zero-order valence-electron chi connectivity index (χ0n) is 11.6. The summed E-state index contributed by atoms with van der Waals surface area (Å²) in [4.78, 5) is 12.1. The van der Waals surface area contributed by atoms with E-state index in [1.54, 1.807) is 6.07 Å². The molecular formula is C14H23N3O. The second-order valence-electron chi connectivity index (χ2n) is 4.91. The first kappa shape index (κ1) is 14.5. The minimum atomic E-state index is -0.0257. The average Bonchev–Trinajstić information content (AvgIpc) is 2.35. The van der Waals surface area contributed by atoms with Crippen LogP contribution in [-0.2, 0) is 0 Å². The molecule has 0 heterocycles. The molecular weight excluding hydrogens is 226 g/mol. The van der Waals surface area contributed by atoms with E-state index >= 15 is 0 Å². The molecule has 18 heavy (non-hydrogen) atoms. The van der Waals surface area contributed by atoms with Crippen LogP contribution in [0.3, 0.4) is 0 Å². The lowest BCUT2D eigenvalue weighted by molar-refractivity contribution is 0.0924. The molecule has 4 N–H and O–H groups in total. The smallest absolute Gasteiger partial charge is 0.251 e. The van der Waals surface area contributed by atoms with Crippen molar-refractivity contribution in [2.24, 2.45) is 11.8 Å². The van der Waals surface area contributed by atoms with Crippen molar-refractivity contribution in [3.05, 3.63) is 29.3 Å². The van der Waals surface area contributed by atoms with E-state index < -0.39 is 0 Å². The predicted octanol–water partition coefficient (Wildman–Crippen LogP) is 2.45. The lowest BCUT2D eigenvalue weighted by atomic mass is 10.0. The molecule has 1 atom stereocenters. The highest BCUT2D eigenvalue weighted by Crippen LogP contribution is 2.16. The Bertz CT molecular complexity index is 416. The van der Waals surface area contributed by atoms with Gasteiger partial charge in [0.2, 0.25) is 0 Å². The van der Waals surface area contributed by atoms with Gasteiger partial charge in [0.05, 0.1) is 5.69 Å². The fourth-order valence-electron chi connectivity index (χ4n) is 1.96. The van der Waals surface area contributed by atoms with Gasteiger partial charge in [0.15, 0.2) is 0 Å².